The van der Waals surface area contributed by atoms with Gasteiger partial charge in [-0.3, -0.25) is 0 Å². The Morgan fingerprint density at radius 3 is 2.41 bits per heavy atom. The molecule has 0 spiro atoms. The Morgan fingerprint density at radius 1 is 1.09 bits per heavy atom. The lowest BCUT2D eigenvalue weighted by molar-refractivity contribution is 0.0600. The molecule has 116 valence electrons. The van der Waals surface area contributed by atoms with E-state index in [9.17, 15) is 13.2 Å². The van der Waals surface area contributed by atoms with Gasteiger partial charge in [0.15, 0.2) is 0 Å². The fraction of sp³-hybridized carbons (Fsp3) is 0.188. The molecule has 2 rings (SSSR count). The van der Waals surface area contributed by atoms with E-state index in [4.69, 9.17) is 0 Å². The lowest BCUT2D eigenvalue weighted by atomic mass is 10.2. The molecule has 6 heteroatoms. The Morgan fingerprint density at radius 2 is 1.77 bits per heavy atom. The molecule has 5 nitrogen and oxygen atoms in total. The summed E-state index contributed by atoms with van der Waals surface area (Å²) in [4.78, 5) is 11.6. The molecular weight excluding hydrogens is 302 g/mol. The number of esters is 1. The number of sulfonamides is 1. The van der Waals surface area contributed by atoms with Crippen LogP contribution < -0.4 is 0 Å². The number of ether oxygens (including phenoxy) is 1. The van der Waals surface area contributed by atoms with Crippen molar-refractivity contribution in [2.45, 2.75) is 11.4 Å². The second-order valence-corrected chi connectivity index (χ2v) is 6.81. The van der Waals surface area contributed by atoms with Crippen LogP contribution in [0.25, 0.3) is 0 Å². The number of hydrogen-bond acceptors (Lipinski definition) is 4. The molecule has 0 unspecified atom stereocenters. The van der Waals surface area contributed by atoms with Crippen molar-refractivity contribution in [3.63, 3.8) is 0 Å². The van der Waals surface area contributed by atoms with Crippen LogP contribution >= 0.6 is 0 Å². The van der Waals surface area contributed by atoms with E-state index in [1.54, 1.807) is 0 Å². The van der Waals surface area contributed by atoms with Gasteiger partial charge in [0, 0.05) is 13.6 Å². The van der Waals surface area contributed by atoms with Crippen LogP contribution in [-0.4, -0.2) is 32.8 Å². The second kappa shape index (κ2) is 6.72. The van der Waals surface area contributed by atoms with Gasteiger partial charge in [-0.05, 0) is 23.8 Å². The van der Waals surface area contributed by atoms with Crippen molar-refractivity contribution >= 4 is 16.0 Å². The maximum absolute atomic E-state index is 12.6. The zero-order valence-electron chi connectivity index (χ0n) is 12.4. The van der Waals surface area contributed by atoms with Crippen molar-refractivity contribution in [2.75, 3.05) is 14.2 Å². The van der Waals surface area contributed by atoms with Crippen LogP contribution in [0, 0.1) is 0 Å². The van der Waals surface area contributed by atoms with E-state index < -0.39 is 16.0 Å². The van der Waals surface area contributed by atoms with Crippen LogP contribution in [0.2, 0.25) is 0 Å². The maximum atomic E-state index is 12.6. The Balaban J connectivity index is 2.28. The predicted octanol–water partition coefficient (Wildman–Crippen LogP) is 2.29. The van der Waals surface area contributed by atoms with Crippen LogP contribution in [0.1, 0.15) is 15.9 Å². The van der Waals surface area contributed by atoms with Gasteiger partial charge in [0.1, 0.15) is 0 Å². The van der Waals surface area contributed by atoms with Gasteiger partial charge in [-0.25, -0.2) is 13.2 Å². The van der Waals surface area contributed by atoms with Gasteiger partial charge in [-0.2, -0.15) is 4.31 Å². The van der Waals surface area contributed by atoms with Crippen LogP contribution in [-0.2, 0) is 21.3 Å². The van der Waals surface area contributed by atoms with E-state index in [1.807, 2.05) is 30.3 Å². The summed E-state index contributed by atoms with van der Waals surface area (Å²) in [5.41, 5.74) is 1.09. The summed E-state index contributed by atoms with van der Waals surface area (Å²) in [6.45, 7) is 0.256. The average molecular weight is 319 g/mol. The number of carbonyl (C=O) groups excluding carboxylic acids is 1. The number of nitrogens with zero attached hydrogens (tertiary/aromatic N) is 1. The molecule has 0 aliphatic rings. The van der Waals surface area contributed by atoms with Crippen molar-refractivity contribution in [3.8, 4) is 0 Å². The lowest BCUT2D eigenvalue weighted by Gasteiger charge is -2.17. The van der Waals surface area contributed by atoms with E-state index in [-0.39, 0.29) is 17.0 Å². The molecule has 0 saturated carbocycles. The SMILES string of the molecule is COC(=O)c1cccc(S(=O)(=O)N(C)Cc2ccccc2)c1. The molecule has 0 aliphatic heterocycles. The van der Waals surface area contributed by atoms with Gasteiger partial charge in [-0.1, -0.05) is 36.4 Å². The van der Waals surface area contributed by atoms with Crippen LogP contribution in [0.3, 0.4) is 0 Å². The Bertz CT molecular complexity index is 757. The summed E-state index contributed by atoms with van der Waals surface area (Å²) in [6.07, 6.45) is 0. The summed E-state index contributed by atoms with van der Waals surface area (Å²) in [6, 6.07) is 15.1. The summed E-state index contributed by atoms with van der Waals surface area (Å²) in [5, 5.41) is 0. The fourth-order valence-corrected chi connectivity index (χ4v) is 3.21. The third-order valence-electron chi connectivity index (χ3n) is 3.21. The molecule has 0 N–H and O–H groups in total. The minimum Gasteiger partial charge on any atom is -0.465 e. The highest BCUT2D eigenvalue weighted by atomic mass is 32.2. The zero-order chi connectivity index (χ0) is 16.2. The molecule has 0 bridgehead atoms. The van der Waals surface area contributed by atoms with E-state index in [1.165, 1.54) is 42.7 Å². The maximum Gasteiger partial charge on any atom is 0.337 e. The monoisotopic (exact) mass is 319 g/mol. The van der Waals surface area contributed by atoms with Gasteiger partial charge < -0.3 is 4.74 Å². The molecule has 2 aromatic rings. The summed E-state index contributed by atoms with van der Waals surface area (Å²) in [5.74, 6) is -0.567. The summed E-state index contributed by atoms with van der Waals surface area (Å²) < 4.78 is 31.0. The van der Waals surface area contributed by atoms with Gasteiger partial charge in [0.2, 0.25) is 10.0 Å². The molecule has 0 radical (unpaired) electrons. The van der Waals surface area contributed by atoms with Gasteiger partial charge in [0.25, 0.3) is 0 Å². The smallest absolute Gasteiger partial charge is 0.337 e. The van der Waals surface area contributed by atoms with Crippen LogP contribution in [0.4, 0.5) is 0 Å². The van der Waals surface area contributed by atoms with Gasteiger partial charge >= 0.3 is 5.97 Å². The zero-order valence-corrected chi connectivity index (χ0v) is 13.2. The molecule has 0 atom stereocenters. The first-order valence-electron chi connectivity index (χ1n) is 6.64. The van der Waals surface area contributed by atoms with E-state index in [0.29, 0.717) is 0 Å². The third kappa shape index (κ3) is 3.52. The van der Waals surface area contributed by atoms with Gasteiger partial charge in [0.05, 0.1) is 17.6 Å². The number of rotatable bonds is 5. The topological polar surface area (TPSA) is 63.7 Å². The Hall–Kier alpha value is -2.18. The van der Waals surface area contributed by atoms with Crippen molar-refractivity contribution in [1.82, 2.24) is 4.31 Å². The minimum atomic E-state index is -3.68. The first-order chi connectivity index (χ1) is 10.4. The van der Waals surface area contributed by atoms with E-state index >= 15 is 0 Å². The molecule has 0 heterocycles. The molecule has 0 saturated heterocycles. The Kier molecular flexibility index (Phi) is 4.95. The number of hydrogen-bond donors (Lipinski definition) is 0. The van der Waals surface area contributed by atoms with Crippen molar-refractivity contribution in [2.24, 2.45) is 0 Å². The van der Waals surface area contributed by atoms with Crippen molar-refractivity contribution < 1.29 is 17.9 Å². The quantitative estimate of drug-likeness (QED) is 0.793. The van der Waals surface area contributed by atoms with Gasteiger partial charge in [-0.15, -0.1) is 0 Å². The molecular formula is C16H17NO4S. The third-order valence-corrected chi connectivity index (χ3v) is 5.01. The largest absolute Gasteiger partial charge is 0.465 e. The number of benzene rings is 2. The number of carbonyl (C=O) groups is 1. The van der Waals surface area contributed by atoms with Crippen LogP contribution in [0.5, 0.6) is 0 Å². The van der Waals surface area contributed by atoms with E-state index in [0.717, 1.165) is 5.56 Å². The first-order valence-corrected chi connectivity index (χ1v) is 8.08. The summed E-state index contributed by atoms with van der Waals surface area (Å²) in [7, 11) is -0.914. The highest BCUT2D eigenvalue weighted by Crippen LogP contribution is 2.18. The standard InChI is InChI=1S/C16H17NO4S/c1-17(12-13-7-4-3-5-8-13)22(19,20)15-10-6-9-14(11-15)16(18)21-2/h3-11H,12H2,1-2H3. The molecule has 0 amide bonds. The minimum absolute atomic E-state index is 0.0637. The normalized spacial score (nSPS) is 11.4. The van der Waals surface area contributed by atoms with Crippen molar-refractivity contribution in [1.29, 1.82) is 0 Å². The van der Waals surface area contributed by atoms with E-state index in [2.05, 4.69) is 4.74 Å². The first kappa shape index (κ1) is 16.2. The number of methoxy groups -OCH3 is 1. The lowest BCUT2D eigenvalue weighted by Crippen LogP contribution is -2.26. The molecule has 0 aromatic heterocycles. The fourth-order valence-electron chi connectivity index (χ4n) is 2.01. The molecule has 0 aliphatic carbocycles. The Labute approximate surface area is 130 Å². The predicted molar refractivity (Wildman–Crippen MR) is 82.9 cm³/mol. The molecule has 0 fully saturated rings. The highest BCUT2D eigenvalue weighted by Gasteiger charge is 2.22. The highest BCUT2D eigenvalue weighted by molar-refractivity contribution is 7.89. The average Bonchev–Trinajstić information content (AvgIpc) is 2.55. The summed E-state index contributed by atoms with van der Waals surface area (Å²) >= 11 is 0. The second-order valence-electron chi connectivity index (χ2n) is 4.77. The molecule has 22 heavy (non-hydrogen) atoms. The van der Waals surface area contributed by atoms with Crippen LogP contribution in [0.15, 0.2) is 59.5 Å². The van der Waals surface area contributed by atoms with Crippen molar-refractivity contribution in [3.05, 3.63) is 65.7 Å². The molecule has 2 aromatic carbocycles.